The number of nitrogens with zero attached hydrogens (tertiary/aromatic N) is 2. The summed E-state index contributed by atoms with van der Waals surface area (Å²) >= 11 is 3.27. The normalized spacial score (nSPS) is 10.4. The number of rotatable bonds is 3. The molecule has 1 aromatic heterocycles. The summed E-state index contributed by atoms with van der Waals surface area (Å²) in [6, 6.07) is 4.41. The van der Waals surface area contributed by atoms with Crippen LogP contribution < -0.4 is 11.1 Å². The third-order valence-corrected chi connectivity index (χ3v) is 2.50. The van der Waals surface area contributed by atoms with Crippen LogP contribution in [-0.4, -0.2) is 10.2 Å². The van der Waals surface area contributed by atoms with Gasteiger partial charge in [0.15, 0.2) is 0 Å². The van der Waals surface area contributed by atoms with Crippen molar-refractivity contribution in [1.29, 1.82) is 0 Å². The largest absolute Gasteiger partial charge is 0.406 e. The lowest BCUT2D eigenvalue weighted by atomic mass is 10.3. The van der Waals surface area contributed by atoms with Crippen molar-refractivity contribution in [3.8, 4) is 0 Å². The van der Waals surface area contributed by atoms with Crippen molar-refractivity contribution >= 4 is 27.6 Å². The first-order valence-electron chi connectivity index (χ1n) is 4.43. The summed E-state index contributed by atoms with van der Waals surface area (Å²) in [4.78, 5) is 0. The van der Waals surface area contributed by atoms with Crippen LogP contribution in [-0.2, 0) is 6.54 Å². The lowest BCUT2D eigenvalue weighted by molar-refractivity contribution is 0.511. The first-order chi connectivity index (χ1) is 7.69. The average Bonchev–Trinajstić information content (AvgIpc) is 2.71. The highest BCUT2D eigenvalue weighted by molar-refractivity contribution is 9.10. The minimum absolute atomic E-state index is 0.166. The first-order valence-corrected chi connectivity index (χ1v) is 5.23. The van der Waals surface area contributed by atoms with E-state index in [1.807, 2.05) is 0 Å². The molecule has 0 amide bonds. The molecule has 1 aromatic carbocycles. The smallest absolute Gasteiger partial charge is 0.320 e. The Bertz CT molecular complexity index is 502. The Balaban J connectivity index is 2.22. The van der Waals surface area contributed by atoms with Gasteiger partial charge in [0.2, 0.25) is 5.89 Å². The summed E-state index contributed by atoms with van der Waals surface area (Å²) in [7, 11) is 0. The second-order valence-corrected chi connectivity index (χ2v) is 3.81. The Morgan fingerprint density at radius 3 is 2.94 bits per heavy atom. The van der Waals surface area contributed by atoms with Crippen LogP contribution in [0.1, 0.15) is 5.89 Å². The van der Waals surface area contributed by atoms with Crippen LogP contribution in [0.25, 0.3) is 0 Å². The zero-order valence-electron chi connectivity index (χ0n) is 8.08. The van der Waals surface area contributed by atoms with Crippen LogP contribution in [0.15, 0.2) is 27.1 Å². The monoisotopic (exact) mass is 286 g/mol. The fourth-order valence-corrected chi connectivity index (χ4v) is 1.44. The van der Waals surface area contributed by atoms with Gasteiger partial charge in [0.25, 0.3) is 0 Å². The highest BCUT2D eigenvalue weighted by atomic mass is 79.9. The lowest BCUT2D eigenvalue weighted by Crippen LogP contribution is -1.95. The molecule has 2 rings (SSSR count). The summed E-state index contributed by atoms with van der Waals surface area (Å²) in [6.07, 6.45) is 0. The SMILES string of the molecule is NCc1nnc(Nc2cc(F)ccc2Br)o1. The summed E-state index contributed by atoms with van der Waals surface area (Å²) in [6.45, 7) is 0.166. The van der Waals surface area contributed by atoms with Crippen molar-refractivity contribution in [2.75, 3.05) is 5.32 Å². The predicted octanol–water partition coefficient (Wildman–Crippen LogP) is 2.17. The number of nitrogens with one attached hydrogen (secondary N) is 1. The fourth-order valence-electron chi connectivity index (χ4n) is 1.10. The molecule has 0 aliphatic rings. The summed E-state index contributed by atoms with van der Waals surface area (Å²) in [5.41, 5.74) is 5.82. The van der Waals surface area contributed by atoms with Gasteiger partial charge in [0, 0.05) is 4.47 Å². The quantitative estimate of drug-likeness (QED) is 0.904. The van der Waals surface area contributed by atoms with Gasteiger partial charge in [-0.3, -0.25) is 0 Å². The van der Waals surface area contributed by atoms with E-state index in [4.69, 9.17) is 10.2 Å². The summed E-state index contributed by atoms with van der Waals surface area (Å²) in [5.74, 6) is -0.0423. The first kappa shape index (κ1) is 11.0. The van der Waals surface area contributed by atoms with E-state index in [1.165, 1.54) is 12.1 Å². The molecule has 0 unspecified atom stereocenters. The third-order valence-electron chi connectivity index (χ3n) is 1.81. The molecule has 16 heavy (non-hydrogen) atoms. The zero-order chi connectivity index (χ0) is 11.5. The Hall–Kier alpha value is -1.47. The van der Waals surface area contributed by atoms with Gasteiger partial charge in [-0.05, 0) is 34.1 Å². The molecule has 0 aliphatic heterocycles. The standard InChI is InChI=1S/C9H8BrFN4O/c10-6-2-1-5(11)3-7(6)13-9-15-14-8(4-12)16-9/h1-3H,4,12H2,(H,13,15). The molecule has 0 atom stereocenters. The van der Waals surface area contributed by atoms with E-state index >= 15 is 0 Å². The van der Waals surface area contributed by atoms with E-state index in [9.17, 15) is 4.39 Å². The number of nitrogens with two attached hydrogens (primary N) is 1. The van der Waals surface area contributed by atoms with E-state index in [1.54, 1.807) is 6.07 Å². The van der Waals surface area contributed by atoms with Gasteiger partial charge in [-0.1, -0.05) is 5.10 Å². The van der Waals surface area contributed by atoms with Crippen LogP contribution in [0.5, 0.6) is 0 Å². The Labute approximate surface area is 99.0 Å². The summed E-state index contributed by atoms with van der Waals surface area (Å²) < 4.78 is 18.8. The van der Waals surface area contributed by atoms with Gasteiger partial charge in [-0.2, -0.15) is 0 Å². The van der Waals surface area contributed by atoms with E-state index in [2.05, 4.69) is 31.4 Å². The number of aromatic nitrogens is 2. The van der Waals surface area contributed by atoms with Crippen LogP contribution >= 0.6 is 15.9 Å². The van der Waals surface area contributed by atoms with Gasteiger partial charge in [-0.25, -0.2) is 4.39 Å². The van der Waals surface area contributed by atoms with E-state index < -0.39 is 0 Å². The predicted molar refractivity (Wildman–Crippen MR) is 59.6 cm³/mol. The second kappa shape index (κ2) is 4.58. The molecule has 7 heteroatoms. The van der Waals surface area contributed by atoms with Crippen LogP contribution in [0.2, 0.25) is 0 Å². The molecule has 0 saturated heterocycles. The third kappa shape index (κ3) is 2.37. The fraction of sp³-hybridized carbons (Fsp3) is 0.111. The number of halogens is 2. The van der Waals surface area contributed by atoms with Crippen LogP contribution in [0.4, 0.5) is 16.1 Å². The molecule has 0 saturated carbocycles. The highest BCUT2D eigenvalue weighted by Gasteiger charge is 2.07. The van der Waals surface area contributed by atoms with E-state index in [0.717, 1.165) is 0 Å². The molecule has 0 aliphatic carbocycles. The molecular formula is C9H8BrFN4O. The molecule has 0 bridgehead atoms. The topological polar surface area (TPSA) is 77.0 Å². The minimum Gasteiger partial charge on any atom is -0.406 e. The Morgan fingerprint density at radius 1 is 1.44 bits per heavy atom. The molecule has 0 fully saturated rings. The van der Waals surface area contributed by atoms with Crippen molar-refractivity contribution in [3.05, 3.63) is 34.4 Å². The second-order valence-electron chi connectivity index (χ2n) is 2.95. The molecule has 1 heterocycles. The number of hydrogen-bond donors (Lipinski definition) is 2. The van der Waals surface area contributed by atoms with Crippen LogP contribution in [0.3, 0.4) is 0 Å². The number of hydrogen-bond acceptors (Lipinski definition) is 5. The van der Waals surface area contributed by atoms with Crippen molar-refractivity contribution in [2.45, 2.75) is 6.54 Å². The van der Waals surface area contributed by atoms with Gasteiger partial charge in [0.1, 0.15) is 5.82 Å². The van der Waals surface area contributed by atoms with Crippen molar-refractivity contribution in [1.82, 2.24) is 10.2 Å². The van der Waals surface area contributed by atoms with Crippen molar-refractivity contribution in [3.63, 3.8) is 0 Å². The highest BCUT2D eigenvalue weighted by Crippen LogP contribution is 2.25. The molecule has 2 aromatic rings. The van der Waals surface area contributed by atoms with Crippen molar-refractivity contribution in [2.24, 2.45) is 5.73 Å². The molecule has 0 spiro atoms. The molecule has 5 nitrogen and oxygen atoms in total. The maximum Gasteiger partial charge on any atom is 0.320 e. The Kier molecular flexibility index (Phi) is 3.16. The van der Waals surface area contributed by atoms with Crippen LogP contribution in [0, 0.1) is 5.82 Å². The molecular weight excluding hydrogens is 279 g/mol. The summed E-state index contributed by atoms with van der Waals surface area (Å²) in [5, 5.41) is 10.2. The average molecular weight is 287 g/mol. The number of anilines is 2. The molecule has 84 valence electrons. The molecule has 3 N–H and O–H groups in total. The lowest BCUT2D eigenvalue weighted by Gasteiger charge is -2.03. The maximum absolute atomic E-state index is 13.0. The van der Waals surface area contributed by atoms with E-state index in [-0.39, 0.29) is 18.4 Å². The maximum atomic E-state index is 13.0. The van der Waals surface area contributed by atoms with Gasteiger partial charge < -0.3 is 15.5 Å². The van der Waals surface area contributed by atoms with Gasteiger partial charge in [-0.15, -0.1) is 5.10 Å². The van der Waals surface area contributed by atoms with Gasteiger partial charge in [0.05, 0.1) is 12.2 Å². The van der Waals surface area contributed by atoms with Crippen molar-refractivity contribution < 1.29 is 8.81 Å². The minimum atomic E-state index is -0.357. The van der Waals surface area contributed by atoms with E-state index in [0.29, 0.717) is 16.1 Å². The number of benzene rings is 1. The van der Waals surface area contributed by atoms with Gasteiger partial charge >= 0.3 is 6.01 Å². The molecule has 0 radical (unpaired) electrons. The Morgan fingerprint density at radius 2 is 2.25 bits per heavy atom. The zero-order valence-corrected chi connectivity index (χ0v) is 9.66.